The quantitative estimate of drug-likeness (QED) is 0.806. The first-order valence-corrected chi connectivity index (χ1v) is 7.94. The first-order chi connectivity index (χ1) is 10.9. The monoisotopic (exact) mass is 326 g/mol. The van der Waals surface area contributed by atoms with E-state index in [1.807, 2.05) is 16.7 Å². The minimum Gasteiger partial charge on any atom is -0.434 e. The van der Waals surface area contributed by atoms with Crippen LogP contribution in [0.25, 0.3) is 0 Å². The van der Waals surface area contributed by atoms with Gasteiger partial charge in [0.25, 0.3) is 0 Å². The van der Waals surface area contributed by atoms with Crippen molar-refractivity contribution >= 4 is 5.91 Å². The van der Waals surface area contributed by atoms with Crippen LogP contribution in [-0.2, 0) is 11.3 Å². The average Bonchev–Trinajstić information content (AvgIpc) is 2.48. The minimum atomic E-state index is -2.85. The Balaban J connectivity index is 2.06. The molecule has 1 aliphatic rings. The highest BCUT2D eigenvalue weighted by Gasteiger charge is 2.31. The zero-order valence-electron chi connectivity index (χ0n) is 13.8. The summed E-state index contributed by atoms with van der Waals surface area (Å²) >= 11 is 0. The van der Waals surface area contributed by atoms with Gasteiger partial charge in [-0.3, -0.25) is 9.69 Å². The molecule has 1 aromatic rings. The van der Waals surface area contributed by atoms with Gasteiger partial charge in [0, 0.05) is 31.7 Å². The smallest absolute Gasteiger partial charge is 0.387 e. The summed E-state index contributed by atoms with van der Waals surface area (Å²) in [5.74, 6) is 0.696. The maximum Gasteiger partial charge on any atom is 0.387 e. The molecule has 1 aromatic carbocycles. The van der Waals surface area contributed by atoms with Crippen LogP contribution >= 0.6 is 0 Å². The average molecular weight is 326 g/mol. The number of piperazine rings is 1. The topological polar surface area (TPSA) is 32.8 Å². The number of carbonyl (C=O) groups is 1. The predicted molar refractivity (Wildman–Crippen MR) is 84.4 cm³/mol. The molecule has 23 heavy (non-hydrogen) atoms. The predicted octanol–water partition coefficient (Wildman–Crippen LogP) is 2.98. The van der Waals surface area contributed by atoms with Gasteiger partial charge in [-0.05, 0) is 18.9 Å². The molecular weight excluding hydrogens is 302 g/mol. The number of hydrogen-bond donors (Lipinski definition) is 0. The molecule has 0 N–H and O–H groups in total. The van der Waals surface area contributed by atoms with E-state index in [1.165, 1.54) is 6.07 Å². The number of amides is 1. The Bertz CT molecular complexity index is 537. The van der Waals surface area contributed by atoms with Crippen LogP contribution in [-0.4, -0.2) is 48.0 Å². The fourth-order valence-corrected chi connectivity index (χ4v) is 2.88. The molecule has 0 aliphatic carbocycles. The fourth-order valence-electron chi connectivity index (χ4n) is 2.88. The first kappa shape index (κ1) is 17.7. The lowest BCUT2D eigenvalue weighted by Gasteiger charge is -2.40. The van der Waals surface area contributed by atoms with Crippen LogP contribution in [0.3, 0.4) is 0 Å². The molecule has 0 unspecified atom stereocenters. The van der Waals surface area contributed by atoms with E-state index in [0.717, 1.165) is 13.1 Å². The van der Waals surface area contributed by atoms with Crippen LogP contribution in [0.1, 0.15) is 26.3 Å². The van der Waals surface area contributed by atoms with E-state index in [1.54, 1.807) is 18.2 Å². The summed E-state index contributed by atoms with van der Waals surface area (Å²) in [6.45, 7) is 5.75. The summed E-state index contributed by atoms with van der Waals surface area (Å²) < 4.78 is 29.6. The van der Waals surface area contributed by atoms with Crippen molar-refractivity contribution in [2.75, 3.05) is 19.6 Å². The van der Waals surface area contributed by atoms with Crippen molar-refractivity contribution < 1.29 is 18.3 Å². The number of benzene rings is 1. The van der Waals surface area contributed by atoms with Crippen molar-refractivity contribution in [3.8, 4) is 5.75 Å². The Morgan fingerprint density at radius 3 is 2.61 bits per heavy atom. The molecule has 128 valence electrons. The third-order valence-corrected chi connectivity index (χ3v) is 4.02. The molecule has 4 nitrogen and oxygen atoms in total. The summed E-state index contributed by atoms with van der Waals surface area (Å²) in [5.41, 5.74) is 0.671. The van der Waals surface area contributed by atoms with Crippen LogP contribution in [0, 0.1) is 5.92 Å². The van der Waals surface area contributed by atoms with E-state index < -0.39 is 6.61 Å². The summed E-state index contributed by atoms with van der Waals surface area (Å²) in [7, 11) is 0. The molecule has 0 saturated carbocycles. The van der Waals surface area contributed by atoms with Gasteiger partial charge in [0.2, 0.25) is 5.91 Å². The first-order valence-electron chi connectivity index (χ1n) is 7.94. The van der Waals surface area contributed by atoms with Gasteiger partial charge in [-0.1, -0.05) is 32.0 Å². The van der Waals surface area contributed by atoms with Gasteiger partial charge in [0.15, 0.2) is 0 Å². The van der Waals surface area contributed by atoms with E-state index in [-0.39, 0.29) is 17.7 Å². The van der Waals surface area contributed by atoms with Crippen LogP contribution in [0.2, 0.25) is 0 Å². The zero-order chi connectivity index (χ0) is 17.0. The summed E-state index contributed by atoms with van der Waals surface area (Å²) in [6, 6.07) is 6.48. The molecule has 0 radical (unpaired) electrons. The molecule has 1 saturated heterocycles. The Kier molecular flexibility index (Phi) is 5.93. The van der Waals surface area contributed by atoms with Crippen molar-refractivity contribution in [2.45, 2.75) is 40.0 Å². The van der Waals surface area contributed by atoms with Gasteiger partial charge < -0.3 is 9.64 Å². The highest BCUT2D eigenvalue weighted by atomic mass is 19.3. The van der Waals surface area contributed by atoms with Crippen LogP contribution in [0.4, 0.5) is 8.78 Å². The van der Waals surface area contributed by atoms with Crippen molar-refractivity contribution in [3.05, 3.63) is 29.8 Å². The van der Waals surface area contributed by atoms with Crippen LogP contribution in [0.15, 0.2) is 24.3 Å². The lowest BCUT2D eigenvalue weighted by Crippen LogP contribution is -2.56. The third kappa shape index (κ3) is 4.64. The number of nitrogens with zero attached hydrogens (tertiary/aromatic N) is 2. The SMILES string of the molecule is CC(C)CN1CCN(Cc2ccccc2OC(F)F)[C@@H](C)C1=O. The van der Waals surface area contributed by atoms with Gasteiger partial charge in [0.1, 0.15) is 5.75 Å². The number of alkyl halides is 2. The number of para-hydroxylation sites is 1. The maximum atomic E-state index is 12.5. The van der Waals surface area contributed by atoms with Gasteiger partial charge in [-0.15, -0.1) is 0 Å². The second kappa shape index (κ2) is 7.73. The lowest BCUT2D eigenvalue weighted by atomic mass is 10.1. The highest BCUT2D eigenvalue weighted by Crippen LogP contribution is 2.24. The number of ether oxygens (including phenoxy) is 1. The minimum absolute atomic E-state index is 0.0946. The maximum absolute atomic E-state index is 12.5. The van der Waals surface area contributed by atoms with E-state index >= 15 is 0 Å². The van der Waals surface area contributed by atoms with Crippen LogP contribution < -0.4 is 4.74 Å². The van der Waals surface area contributed by atoms with Gasteiger partial charge >= 0.3 is 6.61 Å². The molecular formula is C17H24F2N2O2. The number of rotatable bonds is 6. The second-order valence-electron chi connectivity index (χ2n) is 6.31. The van der Waals surface area contributed by atoms with E-state index in [4.69, 9.17) is 0 Å². The van der Waals surface area contributed by atoms with Crippen molar-refractivity contribution in [3.63, 3.8) is 0 Å². The summed E-state index contributed by atoms with van der Waals surface area (Å²) in [5, 5.41) is 0. The molecule has 6 heteroatoms. The number of halogens is 2. The molecule has 1 atom stereocenters. The van der Waals surface area contributed by atoms with Crippen LogP contribution in [0.5, 0.6) is 5.75 Å². The van der Waals surface area contributed by atoms with Gasteiger partial charge in [-0.2, -0.15) is 8.78 Å². The molecule has 1 heterocycles. The van der Waals surface area contributed by atoms with E-state index in [9.17, 15) is 13.6 Å². The molecule has 0 spiro atoms. The van der Waals surface area contributed by atoms with Gasteiger partial charge in [-0.25, -0.2) is 0 Å². The Morgan fingerprint density at radius 1 is 1.26 bits per heavy atom. The second-order valence-corrected chi connectivity index (χ2v) is 6.31. The van der Waals surface area contributed by atoms with Crippen molar-refractivity contribution in [1.82, 2.24) is 9.80 Å². The Morgan fingerprint density at radius 2 is 1.96 bits per heavy atom. The number of carbonyl (C=O) groups excluding carboxylic acids is 1. The Hall–Kier alpha value is -1.69. The molecule has 1 aliphatic heterocycles. The highest BCUT2D eigenvalue weighted by molar-refractivity contribution is 5.82. The molecule has 0 bridgehead atoms. The van der Waals surface area contributed by atoms with Gasteiger partial charge in [0.05, 0.1) is 6.04 Å². The molecule has 1 amide bonds. The van der Waals surface area contributed by atoms with E-state index in [0.29, 0.717) is 24.6 Å². The number of hydrogen-bond acceptors (Lipinski definition) is 3. The zero-order valence-corrected chi connectivity index (χ0v) is 13.8. The molecule has 2 rings (SSSR count). The molecule has 1 fully saturated rings. The van der Waals surface area contributed by atoms with Crippen molar-refractivity contribution in [1.29, 1.82) is 0 Å². The summed E-state index contributed by atoms with van der Waals surface area (Å²) in [6.07, 6.45) is 0. The lowest BCUT2D eigenvalue weighted by molar-refractivity contribution is -0.142. The molecule has 0 aromatic heterocycles. The van der Waals surface area contributed by atoms with E-state index in [2.05, 4.69) is 18.6 Å². The fraction of sp³-hybridized carbons (Fsp3) is 0.588. The largest absolute Gasteiger partial charge is 0.434 e. The Labute approximate surface area is 136 Å². The summed E-state index contributed by atoms with van der Waals surface area (Å²) in [4.78, 5) is 16.3. The standard InChI is InChI=1S/C17H24F2N2O2/c1-12(2)10-21-9-8-20(13(3)16(21)22)11-14-6-4-5-7-15(14)23-17(18)19/h4-7,12-13,17H,8-11H2,1-3H3/t13-/m0/s1. The van der Waals surface area contributed by atoms with Crippen molar-refractivity contribution in [2.24, 2.45) is 5.92 Å². The third-order valence-electron chi connectivity index (χ3n) is 4.02. The normalized spacial score (nSPS) is 19.7.